The lowest BCUT2D eigenvalue weighted by Crippen LogP contribution is -2.37. The lowest BCUT2D eigenvalue weighted by molar-refractivity contribution is 0.254. The molecule has 0 saturated carbocycles. The zero-order valence-corrected chi connectivity index (χ0v) is 14.9. The van der Waals surface area contributed by atoms with Crippen molar-refractivity contribution in [1.29, 1.82) is 0 Å². The summed E-state index contributed by atoms with van der Waals surface area (Å²) in [6.45, 7) is 4.57. The molecular weight excluding hydrogens is 326 g/mol. The summed E-state index contributed by atoms with van der Waals surface area (Å²) in [5, 5.41) is 3.39. The van der Waals surface area contributed by atoms with Crippen LogP contribution in [0.1, 0.15) is 37.8 Å². The van der Waals surface area contributed by atoms with Crippen molar-refractivity contribution < 1.29 is 0 Å². The zero-order valence-electron chi connectivity index (χ0n) is 13.3. The van der Waals surface area contributed by atoms with Crippen molar-refractivity contribution >= 4 is 21.6 Å². The quantitative estimate of drug-likeness (QED) is 0.900. The van der Waals surface area contributed by atoms with Crippen molar-refractivity contribution in [3.63, 3.8) is 0 Å². The van der Waals surface area contributed by atoms with Crippen molar-refractivity contribution in [3.05, 3.63) is 28.2 Å². The first kappa shape index (κ1) is 15.3. The van der Waals surface area contributed by atoms with Gasteiger partial charge in [0, 0.05) is 41.4 Å². The molecule has 1 aromatic carbocycles. The summed E-state index contributed by atoms with van der Waals surface area (Å²) in [5.74, 6) is 0. The number of fused-ring (bicyclic) bond motifs is 2. The molecule has 0 radical (unpaired) electrons. The van der Waals surface area contributed by atoms with E-state index >= 15 is 0 Å². The highest BCUT2D eigenvalue weighted by molar-refractivity contribution is 9.10. The maximum atomic E-state index is 3.65. The van der Waals surface area contributed by atoms with Gasteiger partial charge in [-0.1, -0.05) is 22.0 Å². The van der Waals surface area contributed by atoms with E-state index in [2.05, 4.69) is 63.2 Å². The van der Waals surface area contributed by atoms with E-state index in [1.807, 2.05) is 7.05 Å². The zero-order chi connectivity index (χ0) is 15.0. The third-order valence-corrected chi connectivity index (χ3v) is 5.87. The standard InChI is InChI=1S/C17H26BrN3/c1-12(19-2)16-7-4-13(18)10-17(16)21-9-8-14-5-6-15(11-21)20(14)3/h4,7,10,12,14-15,19H,5-6,8-9,11H2,1-3H3. The van der Waals surface area contributed by atoms with Crippen molar-refractivity contribution in [1.82, 2.24) is 10.2 Å². The highest BCUT2D eigenvalue weighted by Crippen LogP contribution is 2.35. The number of likely N-dealkylation sites (N-methyl/N-ethyl adjacent to an activating group) is 1. The molecule has 4 heteroatoms. The molecule has 2 bridgehead atoms. The van der Waals surface area contributed by atoms with Gasteiger partial charge in [0.05, 0.1) is 0 Å². The van der Waals surface area contributed by atoms with Gasteiger partial charge in [0.2, 0.25) is 0 Å². The average molecular weight is 352 g/mol. The second-order valence-corrected chi connectivity index (χ2v) is 7.41. The lowest BCUT2D eigenvalue weighted by atomic mass is 10.0. The number of hydrogen-bond donors (Lipinski definition) is 1. The van der Waals surface area contributed by atoms with Gasteiger partial charge in [-0.2, -0.15) is 0 Å². The normalized spacial score (nSPS) is 27.7. The highest BCUT2D eigenvalue weighted by atomic mass is 79.9. The topological polar surface area (TPSA) is 18.5 Å². The Hall–Kier alpha value is -0.580. The van der Waals surface area contributed by atoms with E-state index < -0.39 is 0 Å². The molecule has 2 aliphatic rings. The Morgan fingerprint density at radius 1 is 1.24 bits per heavy atom. The maximum absolute atomic E-state index is 3.65. The number of nitrogens with one attached hydrogen (secondary N) is 1. The Morgan fingerprint density at radius 2 is 2.00 bits per heavy atom. The molecule has 0 spiro atoms. The first-order valence-electron chi connectivity index (χ1n) is 8.03. The minimum absolute atomic E-state index is 0.381. The summed E-state index contributed by atoms with van der Waals surface area (Å²) in [5.41, 5.74) is 2.80. The Bertz CT molecular complexity index is 505. The van der Waals surface area contributed by atoms with Gasteiger partial charge in [-0.25, -0.2) is 0 Å². The fraction of sp³-hybridized carbons (Fsp3) is 0.647. The van der Waals surface area contributed by atoms with Crippen LogP contribution in [-0.2, 0) is 0 Å². The van der Waals surface area contributed by atoms with Crippen molar-refractivity contribution in [2.24, 2.45) is 0 Å². The number of rotatable bonds is 3. The molecule has 1 N–H and O–H groups in total. The first-order valence-corrected chi connectivity index (χ1v) is 8.83. The second-order valence-electron chi connectivity index (χ2n) is 6.50. The fourth-order valence-corrected chi connectivity index (χ4v) is 4.19. The lowest BCUT2D eigenvalue weighted by Gasteiger charge is -2.31. The van der Waals surface area contributed by atoms with E-state index in [0.29, 0.717) is 12.1 Å². The van der Waals surface area contributed by atoms with Crippen molar-refractivity contribution in [2.75, 3.05) is 32.1 Å². The Labute approximate surface area is 136 Å². The van der Waals surface area contributed by atoms with Crippen molar-refractivity contribution in [2.45, 2.75) is 44.3 Å². The summed E-state index contributed by atoms with van der Waals surface area (Å²) in [4.78, 5) is 5.22. The van der Waals surface area contributed by atoms with Gasteiger partial charge in [-0.15, -0.1) is 0 Å². The molecule has 0 aromatic heterocycles. The molecule has 2 aliphatic heterocycles. The number of halogens is 1. The number of nitrogens with zero attached hydrogens (tertiary/aromatic N) is 2. The Kier molecular flexibility index (Phi) is 4.57. The Morgan fingerprint density at radius 3 is 2.76 bits per heavy atom. The SMILES string of the molecule is CNC(C)c1ccc(Br)cc1N1CCC2CCC(C1)N2C. The summed E-state index contributed by atoms with van der Waals surface area (Å²) < 4.78 is 1.17. The third kappa shape index (κ3) is 2.99. The molecule has 3 unspecified atom stereocenters. The third-order valence-electron chi connectivity index (χ3n) is 5.38. The minimum Gasteiger partial charge on any atom is -0.370 e. The van der Waals surface area contributed by atoms with Gasteiger partial charge < -0.3 is 10.2 Å². The molecule has 0 amide bonds. The number of hydrogen-bond acceptors (Lipinski definition) is 3. The maximum Gasteiger partial charge on any atom is 0.0426 e. The van der Waals surface area contributed by atoms with Crippen LogP contribution in [0.15, 0.2) is 22.7 Å². The van der Waals surface area contributed by atoms with Gasteiger partial charge in [0.15, 0.2) is 0 Å². The smallest absolute Gasteiger partial charge is 0.0426 e. The molecule has 2 fully saturated rings. The van der Waals surface area contributed by atoms with E-state index in [4.69, 9.17) is 0 Å². The summed E-state index contributed by atoms with van der Waals surface area (Å²) in [6.07, 6.45) is 4.02. The Balaban J connectivity index is 1.90. The molecule has 3 rings (SSSR count). The second kappa shape index (κ2) is 6.27. The minimum atomic E-state index is 0.381. The van der Waals surface area contributed by atoms with E-state index in [-0.39, 0.29) is 0 Å². The van der Waals surface area contributed by atoms with Crippen LogP contribution < -0.4 is 10.2 Å². The van der Waals surface area contributed by atoms with Gasteiger partial charge in [0.25, 0.3) is 0 Å². The molecule has 0 aliphatic carbocycles. The van der Waals surface area contributed by atoms with Gasteiger partial charge in [-0.05, 0) is 58.0 Å². The van der Waals surface area contributed by atoms with Crippen LogP contribution in [-0.4, -0.2) is 44.2 Å². The number of benzene rings is 1. The van der Waals surface area contributed by atoms with Gasteiger partial charge >= 0.3 is 0 Å². The molecule has 2 heterocycles. The molecule has 2 saturated heterocycles. The monoisotopic (exact) mass is 351 g/mol. The summed E-state index contributed by atoms with van der Waals surface area (Å²) in [6, 6.07) is 8.59. The van der Waals surface area contributed by atoms with Gasteiger partial charge in [0.1, 0.15) is 0 Å². The molecular formula is C17H26BrN3. The van der Waals surface area contributed by atoms with E-state index in [1.54, 1.807) is 0 Å². The molecule has 1 aromatic rings. The molecule has 116 valence electrons. The first-order chi connectivity index (χ1) is 10.1. The highest BCUT2D eigenvalue weighted by Gasteiger charge is 2.35. The summed E-state index contributed by atoms with van der Waals surface area (Å²) >= 11 is 3.65. The van der Waals surface area contributed by atoms with Crippen molar-refractivity contribution in [3.8, 4) is 0 Å². The van der Waals surface area contributed by atoms with Crippen LogP contribution in [0.5, 0.6) is 0 Å². The van der Waals surface area contributed by atoms with E-state index in [9.17, 15) is 0 Å². The molecule has 21 heavy (non-hydrogen) atoms. The van der Waals surface area contributed by atoms with Crippen LogP contribution in [0, 0.1) is 0 Å². The molecule has 3 atom stereocenters. The predicted octanol–water partition coefficient (Wildman–Crippen LogP) is 3.40. The van der Waals surface area contributed by atoms with Crippen LogP contribution in [0.25, 0.3) is 0 Å². The largest absolute Gasteiger partial charge is 0.370 e. The fourth-order valence-electron chi connectivity index (χ4n) is 3.84. The average Bonchev–Trinajstić information content (AvgIpc) is 2.71. The van der Waals surface area contributed by atoms with E-state index in [0.717, 1.165) is 12.6 Å². The predicted molar refractivity (Wildman–Crippen MR) is 93.0 cm³/mol. The van der Waals surface area contributed by atoms with Crippen LogP contribution in [0.2, 0.25) is 0 Å². The van der Waals surface area contributed by atoms with Crippen LogP contribution in [0.4, 0.5) is 5.69 Å². The number of anilines is 1. The molecule has 3 nitrogen and oxygen atoms in total. The van der Waals surface area contributed by atoms with Crippen LogP contribution >= 0.6 is 15.9 Å². The summed E-state index contributed by atoms with van der Waals surface area (Å²) in [7, 11) is 4.35. The van der Waals surface area contributed by atoms with Gasteiger partial charge in [-0.3, -0.25) is 4.90 Å². The van der Waals surface area contributed by atoms with Crippen LogP contribution in [0.3, 0.4) is 0 Å². The van der Waals surface area contributed by atoms with E-state index in [1.165, 1.54) is 41.5 Å².